The van der Waals surface area contributed by atoms with Crippen molar-refractivity contribution >= 4 is 29.0 Å². The highest BCUT2D eigenvalue weighted by molar-refractivity contribution is 7.99. The molecule has 0 amide bonds. The van der Waals surface area contributed by atoms with Gasteiger partial charge in [0.1, 0.15) is 5.92 Å². The molecule has 16 heavy (non-hydrogen) atoms. The molecule has 1 fully saturated rings. The van der Waals surface area contributed by atoms with Crippen molar-refractivity contribution in [3.63, 3.8) is 0 Å². The lowest BCUT2D eigenvalue weighted by atomic mass is 10.1. The molecule has 2 N–H and O–H groups in total. The third kappa shape index (κ3) is 3.78. The summed E-state index contributed by atoms with van der Waals surface area (Å²) < 4.78 is 38.0. The van der Waals surface area contributed by atoms with Crippen LogP contribution in [0.4, 0.5) is 13.2 Å². The average Bonchev–Trinajstić information content (AvgIpc) is 2.14. The maximum Gasteiger partial charge on any atom is 0.399 e. The zero-order chi connectivity index (χ0) is 12.3. The summed E-state index contributed by atoms with van der Waals surface area (Å²) in [6, 6.07) is 0.151. The number of thiocarbonyl (C=S) groups is 1. The van der Waals surface area contributed by atoms with Gasteiger partial charge in [-0.1, -0.05) is 12.2 Å². The number of nitrogens with zero attached hydrogens (tertiary/aromatic N) is 1. The van der Waals surface area contributed by atoms with Crippen molar-refractivity contribution < 1.29 is 13.2 Å². The van der Waals surface area contributed by atoms with Crippen LogP contribution in [-0.4, -0.2) is 46.7 Å². The van der Waals surface area contributed by atoms with E-state index in [1.807, 2.05) is 11.8 Å². The fraction of sp³-hybridized carbons (Fsp3) is 0.889. The van der Waals surface area contributed by atoms with Crippen molar-refractivity contribution in [3.05, 3.63) is 0 Å². The second-order valence-corrected chi connectivity index (χ2v) is 5.54. The van der Waals surface area contributed by atoms with E-state index < -0.39 is 17.1 Å². The number of thioether (sulfide) groups is 1. The number of hydrogen-bond donors (Lipinski definition) is 1. The van der Waals surface area contributed by atoms with E-state index in [4.69, 9.17) is 5.73 Å². The minimum absolute atomic E-state index is 0.111. The maximum absolute atomic E-state index is 12.7. The highest BCUT2D eigenvalue weighted by Crippen LogP contribution is 2.29. The molecule has 0 saturated carbocycles. The zero-order valence-corrected chi connectivity index (χ0v) is 10.6. The predicted octanol–water partition coefficient (Wildman–Crippen LogP) is 1.89. The molecule has 1 heterocycles. The number of rotatable bonds is 3. The third-order valence-electron chi connectivity index (χ3n) is 2.66. The fourth-order valence-corrected chi connectivity index (χ4v) is 2.91. The number of nitrogens with two attached hydrogens (primary N) is 1. The van der Waals surface area contributed by atoms with Crippen molar-refractivity contribution in [3.8, 4) is 0 Å². The standard InChI is InChI=1S/C9H15F3N2S2/c1-6-5-16-3-2-14(6)4-7(8(13)15)9(10,11)12/h6-7H,2-5H2,1H3,(H2,13,15). The van der Waals surface area contributed by atoms with E-state index in [-0.39, 0.29) is 12.6 Å². The van der Waals surface area contributed by atoms with Gasteiger partial charge in [0.2, 0.25) is 0 Å². The molecule has 2 atom stereocenters. The van der Waals surface area contributed by atoms with Gasteiger partial charge in [-0.3, -0.25) is 4.90 Å². The normalized spacial score (nSPS) is 25.4. The van der Waals surface area contributed by atoms with E-state index >= 15 is 0 Å². The van der Waals surface area contributed by atoms with Crippen LogP contribution in [0.2, 0.25) is 0 Å². The third-order valence-corrected chi connectivity index (χ3v) is 4.13. The van der Waals surface area contributed by atoms with Crippen molar-refractivity contribution in [2.24, 2.45) is 11.7 Å². The molecule has 1 saturated heterocycles. The summed E-state index contributed by atoms with van der Waals surface area (Å²) in [5, 5.41) is 0. The summed E-state index contributed by atoms with van der Waals surface area (Å²) in [5.74, 6) is 0.0433. The Morgan fingerprint density at radius 3 is 2.69 bits per heavy atom. The number of halogens is 3. The first kappa shape index (κ1) is 14.1. The van der Waals surface area contributed by atoms with Gasteiger partial charge in [0, 0.05) is 30.6 Å². The van der Waals surface area contributed by atoms with Crippen LogP contribution in [-0.2, 0) is 0 Å². The number of hydrogen-bond acceptors (Lipinski definition) is 3. The molecule has 94 valence electrons. The van der Waals surface area contributed by atoms with Crippen LogP contribution in [0.3, 0.4) is 0 Å². The molecule has 1 rings (SSSR count). The SMILES string of the molecule is CC1CSCCN1CC(C(N)=S)C(F)(F)F. The molecule has 0 aromatic heterocycles. The molecule has 2 unspecified atom stereocenters. The molecule has 2 nitrogen and oxygen atoms in total. The van der Waals surface area contributed by atoms with Gasteiger partial charge in [0.15, 0.2) is 0 Å². The van der Waals surface area contributed by atoms with Gasteiger partial charge in [-0.15, -0.1) is 0 Å². The summed E-state index contributed by atoms with van der Waals surface area (Å²) in [6.45, 7) is 2.49. The Labute approximate surface area is 103 Å². The van der Waals surface area contributed by atoms with Crippen molar-refractivity contribution in [1.29, 1.82) is 0 Å². The topological polar surface area (TPSA) is 29.3 Å². The van der Waals surface area contributed by atoms with Gasteiger partial charge in [0.05, 0.1) is 4.99 Å². The Bertz CT molecular complexity index is 258. The van der Waals surface area contributed by atoms with Crippen molar-refractivity contribution in [2.45, 2.75) is 19.1 Å². The summed E-state index contributed by atoms with van der Waals surface area (Å²) in [4.78, 5) is 1.35. The summed E-state index contributed by atoms with van der Waals surface area (Å²) in [7, 11) is 0. The quantitative estimate of drug-likeness (QED) is 0.795. The minimum atomic E-state index is -4.34. The second-order valence-electron chi connectivity index (χ2n) is 3.92. The van der Waals surface area contributed by atoms with Gasteiger partial charge in [-0.2, -0.15) is 24.9 Å². The average molecular weight is 272 g/mol. The molecule has 7 heteroatoms. The molecule has 0 radical (unpaired) electrons. The molecular formula is C9H15F3N2S2. The highest BCUT2D eigenvalue weighted by atomic mass is 32.2. The molecule has 1 aliphatic rings. The highest BCUT2D eigenvalue weighted by Gasteiger charge is 2.43. The van der Waals surface area contributed by atoms with Gasteiger partial charge in [-0.05, 0) is 6.92 Å². The Morgan fingerprint density at radius 1 is 1.62 bits per heavy atom. The van der Waals surface area contributed by atoms with Gasteiger partial charge < -0.3 is 5.73 Å². The molecule has 0 bridgehead atoms. The van der Waals surface area contributed by atoms with Gasteiger partial charge in [-0.25, -0.2) is 0 Å². The van der Waals surface area contributed by atoms with Crippen LogP contribution >= 0.6 is 24.0 Å². The Morgan fingerprint density at radius 2 is 2.25 bits per heavy atom. The summed E-state index contributed by atoms with van der Waals surface area (Å²) in [5.41, 5.74) is 5.17. The van der Waals surface area contributed by atoms with Gasteiger partial charge in [0.25, 0.3) is 0 Å². The fourth-order valence-electron chi connectivity index (χ4n) is 1.62. The van der Waals surface area contributed by atoms with Crippen LogP contribution in [0.15, 0.2) is 0 Å². The predicted molar refractivity (Wildman–Crippen MR) is 64.7 cm³/mol. The monoisotopic (exact) mass is 272 g/mol. The lowest BCUT2D eigenvalue weighted by molar-refractivity contribution is -0.160. The maximum atomic E-state index is 12.7. The Hall–Kier alpha value is -0.0100. The minimum Gasteiger partial charge on any atom is -0.393 e. The largest absolute Gasteiger partial charge is 0.399 e. The first-order chi connectivity index (χ1) is 7.32. The summed E-state index contributed by atoms with van der Waals surface area (Å²) in [6.07, 6.45) is -4.34. The van der Waals surface area contributed by atoms with Crippen LogP contribution in [0, 0.1) is 5.92 Å². The summed E-state index contributed by atoms with van der Waals surface area (Å²) >= 11 is 6.26. The van der Waals surface area contributed by atoms with E-state index in [0.717, 1.165) is 11.5 Å². The molecule has 0 aromatic rings. The van der Waals surface area contributed by atoms with Crippen LogP contribution in [0.25, 0.3) is 0 Å². The molecule has 0 spiro atoms. The van der Waals surface area contributed by atoms with Crippen LogP contribution in [0.1, 0.15) is 6.92 Å². The van der Waals surface area contributed by atoms with Gasteiger partial charge >= 0.3 is 6.18 Å². The lowest BCUT2D eigenvalue weighted by Crippen LogP contribution is -2.49. The molecule has 0 aromatic carbocycles. The molecule has 0 aliphatic carbocycles. The van der Waals surface area contributed by atoms with Crippen molar-refractivity contribution in [2.75, 3.05) is 24.6 Å². The van der Waals surface area contributed by atoms with E-state index in [9.17, 15) is 13.2 Å². The van der Waals surface area contributed by atoms with E-state index in [1.54, 1.807) is 11.8 Å². The van der Waals surface area contributed by atoms with Crippen molar-refractivity contribution in [1.82, 2.24) is 4.90 Å². The molecular weight excluding hydrogens is 257 g/mol. The van der Waals surface area contributed by atoms with E-state index in [0.29, 0.717) is 6.54 Å². The Balaban J connectivity index is 2.64. The van der Waals surface area contributed by atoms with E-state index in [2.05, 4.69) is 12.2 Å². The number of alkyl halides is 3. The first-order valence-electron chi connectivity index (χ1n) is 5.00. The molecule has 1 aliphatic heterocycles. The van der Waals surface area contributed by atoms with Crippen LogP contribution in [0.5, 0.6) is 0 Å². The van der Waals surface area contributed by atoms with Crippen LogP contribution < -0.4 is 5.73 Å². The second kappa shape index (κ2) is 5.55. The smallest absolute Gasteiger partial charge is 0.393 e. The first-order valence-corrected chi connectivity index (χ1v) is 6.56. The van der Waals surface area contributed by atoms with E-state index in [1.165, 1.54) is 0 Å². The zero-order valence-electron chi connectivity index (χ0n) is 8.96. The Kier molecular flexibility index (Phi) is 4.88. The lowest BCUT2D eigenvalue weighted by Gasteiger charge is -2.35.